The number of halogens is 1. The van der Waals surface area contributed by atoms with E-state index >= 15 is 0 Å². The maximum Gasteiger partial charge on any atom is 0.269 e. The second-order valence-electron chi connectivity index (χ2n) is 5.30. The predicted octanol–water partition coefficient (Wildman–Crippen LogP) is 3.51. The summed E-state index contributed by atoms with van der Waals surface area (Å²) in [5, 5.41) is 18.3. The molecule has 0 unspecified atom stereocenters. The lowest BCUT2D eigenvalue weighted by atomic mass is 10.1. The Bertz CT molecular complexity index is 819. The van der Waals surface area contributed by atoms with Crippen molar-refractivity contribution in [1.82, 2.24) is 5.43 Å². The molecule has 0 aromatic heterocycles. The highest BCUT2D eigenvalue weighted by atomic mass is 35.5. The van der Waals surface area contributed by atoms with E-state index in [1.54, 1.807) is 31.2 Å². The summed E-state index contributed by atoms with van der Waals surface area (Å²) in [7, 11) is 0. The van der Waals surface area contributed by atoms with Crippen LogP contribution in [0.4, 0.5) is 11.4 Å². The van der Waals surface area contributed by atoms with Crippen LogP contribution in [0.5, 0.6) is 0 Å². The van der Waals surface area contributed by atoms with E-state index < -0.39 is 4.92 Å². The number of amides is 1. The van der Waals surface area contributed by atoms with Gasteiger partial charge in [-0.2, -0.15) is 5.10 Å². The standard InChI is InChI=1S/C17H17ClN4O3/c1-11-15(18)4-3-5-16(11)19-10-17(23)21-20-12(2)13-6-8-14(9-7-13)22(24)25/h3-9,19H,10H2,1-2H3,(H,21,23)/b20-12-. The number of non-ortho nitro benzene ring substituents is 1. The highest BCUT2D eigenvalue weighted by Crippen LogP contribution is 2.22. The fourth-order valence-corrected chi connectivity index (χ4v) is 2.22. The topological polar surface area (TPSA) is 96.6 Å². The molecule has 2 rings (SSSR count). The zero-order valence-electron chi connectivity index (χ0n) is 13.7. The number of rotatable bonds is 6. The van der Waals surface area contributed by atoms with Crippen LogP contribution >= 0.6 is 11.6 Å². The summed E-state index contributed by atoms with van der Waals surface area (Å²) in [6.45, 7) is 3.60. The molecule has 0 saturated heterocycles. The summed E-state index contributed by atoms with van der Waals surface area (Å²) < 4.78 is 0. The monoisotopic (exact) mass is 360 g/mol. The molecular weight excluding hydrogens is 344 g/mol. The van der Waals surface area contributed by atoms with Crippen LogP contribution in [0.1, 0.15) is 18.1 Å². The first-order valence-corrected chi connectivity index (χ1v) is 7.83. The van der Waals surface area contributed by atoms with Crippen LogP contribution < -0.4 is 10.7 Å². The molecule has 0 aliphatic heterocycles. The molecule has 0 aliphatic carbocycles. The number of nitro groups is 1. The van der Waals surface area contributed by atoms with E-state index in [2.05, 4.69) is 15.8 Å². The van der Waals surface area contributed by atoms with Gasteiger partial charge in [0.05, 0.1) is 17.2 Å². The molecule has 0 aliphatic rings. The zero-order chi connectivity index (χ0) is 18.4. The van der Waals surface area contributed by atoms with E-state index in [4.69, 9.17) is 11.6 Å². The van der Waals surface area contributed by atoms with Crippen LogP contribution in [0.15, 0.2) is 47.6 Å². The van der Waals surface area contributed by atoms with Gasteiger partial charge >= 0.3 is 0 Å². The SMILES string of the molecule is C/C(=N/NC(=O)CNc1cccc(Cl)c1C)c1ccc([N+](=O)[O-])cc1. The van der Waals surface area contributed by atoms with Gasteiger partial charge in [0.25, 0.3) is 11.6 Å². The summed E-state index contributed by atoms with van der Waals surface area (Å²) >= 11 is 6.03. The molecule has 0 fully saturated rings. The molecule has 130 valence electrons. The van der Waals surface area contributed by atoms with Crippen molar-refractivity contribution in [2.24, 2.45) is 5.10 Å². The van der Waals surface area contributed by atoms with Crippen molar-refractivity contribution in [2.45, 2.75) is 13.8 Å². The van der Waals surface area contributed by atoms with Crippen LogP contribution in [-0.4, -0.2) is 23.1 Å². The van der Waals surface area contributed by atoms with Gasteiger partial charge in [0.2, 0.25) is 0 Å². The number of nitrogens with one attached hydrogen (secondary N) is 2. The summed E-state index contributed by atoms with van der Waals surface area (Å²) in [5.41, 5.74) is 5.31. The maximum absolute atomic E-state index is 11.9. The van der Waals surface area contributed by atoms with Crippen molar-refractivity contribution in [3.63, 3.8) is 0 Å². The molecule has 0 bridgehead atoms. The molecule has 2 aromatic rings. The molecule has 0 saturated carbocycles. The fourth-order valence-electron chi connectivity index (χ4n) is 2.05. The normalized spacial score (nSPS) is 11.1. The molecule has 1 amide bonds. The molecule has 0 atom stereocenters. The Labute approximate surface area is 149 Å². The summed E-state index contributed by atoms with van der Waals surface area (Å²) in [5.74, 6) is -0.319. The van der Waals surface area contributed by atoms with E-state index in [9.17, 15) is 14.9 Å². The summed E-state index contributed by atoms with van der Waals surface area (Å²) in [6, 6.07) is 11.3. The van der Waals surface area contributed by atoms with Gasteiger partial charge in [0.1, 0.15) is 0 Å². The second-order valence-corrected chi connectivity index (χ2v) is 5.71. The first-order chi connectivity index (χ1) is 11.9. The molecule has 2 aromatic carbocycles. The number of nitrogens with zero attached hydrogens (tertiary/aromatic N) is 2. The third kappa shape index (κ3) is 5.02. The number of nitro benzene ring substituents is 1. The van der Waals surface area contributed by atoms with Crippen LogP contribution in [0.2, 0.25) is 5.02 Å². The van der Waals surface area contributed by atoms with Crippen LogP contribution in [-0.2, 0) is 4.79 Å². The van der Waals surface area contributed by atoms with Gasteiger partial charge < -0.3 is 5.32 Å². The Morgan fingerprint density at radius 3 is 2.56 bits per heavy atom. The Balaban J connectivity index is 1.92. The minimum Gasteiger partial charge on any atom is -0.376 e. The van der Waals surface area contributed by atoms with E-state index in [0.29, 0.717) is 16.3 Å². The third-order valence-corrected chi connectivity index (χ3v) is 3.96. The average molecular weight is 361 g/mol. The van der Waals surface area contributed by atoms with Crippen molar-refractivity contribution in [3.05, 3.63) is 68.7 Å². The highest BCUT2D eigenvalue weighted by molar-refractivity contribution is 6.31. The number of hydrogen-bond acceptors (Lipinski definition) is 5. The first-order valence-electron chi connectivity index (χ1n) is 7.45. The number of hydrogen-bond donors (Lipinski definition) is 2. The molecule has 0 heterocycles. The molecular formula is C17H17ClN4O3. The average Bonchev–Trinajstić information content (AvgIpc) is 2.61. The van der Waals surface area contributed by atoms with E-state index in [1.165, 1.54) is 12.1 Å². The summed E-state index contributed by atoms with van der Waals surface area (Å²) in [6.07, 6.45) is 0. The molecule has 0 spiro atoms. The lowest BCUT2D eigenvalue weighted by molar-refractivity contribution is -0.384. The van der Waals surface area contributed by atoms with Gasteiger partial charge in [-0.05, 0) is 49.2 Å². The van der Waals surface area contributed by atoms with Gasteiger partial charge in [-0.3, -0.25) is 14.9 Å². The highest BCUT2D eigenvalue weighted by Gasteiger charge is 2.07. The predicted molar refractivity (Wildman–Crippen MR) is 98.1 cm³/mol. The lowest BCUT2D eigenvalue weighted by Crippen LogP contribution is -2.27. The molecule has 8 heteroatoms. The number of benzene rings is 2. The quantitative estimate of drug-likeness (QED) is 0.468. The Hall–Kier alpha value is -2.93. The zero-order valence-corrected chi connectivity index (χ0v) is 14.5. The third-order valence-electron chi connectivity index (χ3n) is 3.55. The van der Waals surface area contributed by atoms with Crippen molar-refractivity contribution in [3.8, 4) is 0 Å². The number of anilines is 1. The lowest BCUT2D eigenvalue weighted by Gasteiger charge is -2.09. The van der Waals surface area contributed by atoms with Crippen molar-refractivity contribution >= 4 is 34.6 Å². The van der Waals surface area contributed by atoms with Crippen molar-refractivity contribution in [1.29, 1.82) is 0 Å². The largest absolute Gasteiger partial charge is 0.376 e. The van der Waals surface area contributed by atoms with Crippen LogP contribution in [0, 0.1) is 17.0 Å². The Morgan fingerprint density at radius 2 is 1.92 bits per heavy atom. The Kier molecular flexibility index (Phi) is 6.08. The second kappa shape index (κ2) is 8.25. The van der Waals surface area contributed by atoms with E-state index in [1.807, 2.05) is 13.0 Å². The number of carbonyl (C=O) groups excluding carboxylic acids is 1. The number of hydrazone groups is 1. The Morgan fingerprint density at radius 1 is 1.24 bits per heavy atom. The molecule has 7 nitrogen and oxygen atoms in total. The van der Waals surface area contributed by atoms with Crippen LogP contribution in [0.3, 0.4) is 0 Å². The van der Waals surface area contributed by atoms with E-state index in [0.717, 1.165) is 11.3 Å². The maximum atomic E-state index is 11.9. The molecule has 2 N–H and O–H groups in total. The van der Waals surface area contributed by atoms with Crippen molar-refractivity contribution < 1.29 is 9.72 Å². The molecule has 0 radical (unpaired) electrons. The first kappa shape index (κ1) is 18.4. The minimum atomic E-state index is -0.471. The van der Waals surface area contributed by atoms with Gasteiger partial charge in [-0.15, -0.1) is 0 Å². The summed E-state index contributed by atoms with van der Waals surface area (Å²) in [4.78, 5) is 22.1. The minimum absolute atomic E-state index is 0.00155. The van der Waals surface area contributed by atoms with Gasteiger partial charge in [0, 0.05) is 22.8 Å². The smallest absolute Gasteiger partial charge is 0.269 e. The number of carbonyl (C=O) groups is 1. The van der Waals surface area contributed by atoms with Gasteiger partial charge in [-0.25, -0.2) is 5.43 Å². The fraction of sp³-hybridized carbons (Fsp3) is 0.176. The van der Waals surface area contributed by atoms with Gasteiger partial charge in [0.15, 0.2) is 0 Å². The van der Waals surface area contributed by atoms with E-state index in [-0.39, 0.29) is 18.1 Å². The van der Waals surface area contributed by atoms with Crippen molar-refractivity contribution in [2.75, 3.05) is 11.9 Å². The van der Waals surface area contributed by atoms with Gasteiger partial charge in [-0.1, -0.05) is 17.7 Å². The molecule has 25 heavy (non-hydrogen) atoms. The van der Waals surface area contributed by atoms with Crippen LogP contribution in [0.25, 0.3) is 0 Å².